The largest absolute Gasteiger partial charge is 0.348 e. The summed E-state index contributed by atoms with van der Waals surface area (Å²) in [7, 11) is 0. The van der Waals surface area contributed by atoms with Gasteiger partial charge in [-0.2, -0.15) is 0 Å². The number of nitrogens with one attached hydrogen (secondary N) is 1. The van der Waals surface area contributed by atoms with Gasteiger partial charge in [-0.05, 0) is 18.1 Å². The molecule has 0 fully saturated rings. The topological polar surface area (TPSA) is 28.7 Å². The molecule has 0 amide bonds. The Hall–Kier alpha value is -1.64. The molecule has 3 heteroatoms. The van der Waals surface area contributed by atoms with E-state index in [1.807, 2.05) is 13.0 Å². The van der Waals surface area contributed by atoms with E-state index in [-0.39, 0.29) is 11.7 Å². The number of aryl methyl sites for hydroxylation is 1. The molecular formula is C12H13FN2. The second-order valence-electron chi connectivity index (χ2n) is 3.67. The van der Waals surface area contributed by atoms with E-state index in [0.29, 0.717) is 11.1 Å². The molecular weight excluding hydrogens is 191 g/mol. The van der Waals surface area contributed by atoms with Crippen LogP contribution in [0.3, 0.4) is 0 Å². The maximum Gasteiger partial charge on any atom is 0.130 e. The maximum absolute atomic E-state index is 13.8. The van der Waals surface area contributed by atoms with Gasteiger partial charge in [0.05, 0.1) is 0 Å². The second kappa shape index (κ2) is 3.85. The minimum absolute atomic E-state index is 0.0418. The number of rotatable bonds is 2. The lowest BCUT2D eigenvalue weighted by Crippen LogP contribution is -2.02. The number of aromatic nitrogens is 2. The van der Waals surface area contributed by atoms with Crippen molar-refractivity contribution in [1.82, 2.24) is 9.97 Å². The minimum atomic E-state index is -0.138. The van der Waals surface area contributed by atoms with Crippen LogP contribution < -0.4 is 0 Å². The van der Waals surface area contributed by atoms with Crippen LogP contribution in [0.25, 0.3) is 0 Å². The fourth-order valence-electron chi connectivity index (χ4n) is 1.67. The van der Waals surface area contributed by atoms with Crippen molar-refractivity contribution in [3.63, 3.8) is 0 Å². The second-order valence-corrected chi connectivity index (χ2v) is 3.67. The van der Waals surface area contributed by atoms with Crippen LogP contribution in [0.15, 0.2) is 30.6 Å². The normalized spacial score (nSPS) is 12.7. The van der Waals surface area contributed by atoms with E-state index in [1.54, 1.807) is 31.5 Å². The number of nitrogens with zero attached hydrogens (tertiary/aromatic N) is 1. The van der Waals surface area contributed by atoms with E-state index >= 15 is 0 Å². The highest BCUT2D eigenvalue weighted by atomic mass is 19.1. The van der Waals surface area contributed by atoms with Crippen LogP contribution >= 0.6 is 0 Å². The molecule has 2 aromatic rings. The lowest BCUT2D eigenvalue weighted by Gasteiger charge is -2.11. The van der Waals surface area contributed by atoms with Gasteiger partial charge in [0.2, 0.25) is 0 Å². The lowest BCUT2D eigenvalue weighted by atomic mass is 9.98. The number of benzene rings is 1. The van der Waals surface area contributed by atoms with Crippen molar-refractivity contribution < 1.29 is 4.39 Å². The van der Waals surface area contributed by atoms with Gasteiger partial charge in [0.15, 0.2) is 0 Å². The summed E-state index contributed by atoms with van der Waals surface area (Å²) < 4.78 is 13.8. The van der Waals surface area contributed by atoms with E-state index in [1.165, 1.54) is 0 Å². The van der Waals surface area contributed by atoms with Gasteiger partial charge < -0.3 is 4.98 Å². The molecule has 1 heterocycles. The van der Waals surface area contributed by atoms with Crippen LogP contribution in [0, 0.1) is 12.7 Å². The fourth-order valence-corrected chi connectivity index (χ4v) is 1.67. The van der Waals surface area contributed by atoms with Crippen LogP contribution in [-0.4, -0.2) is 9.97 Å². The average Bonchev–Trinajstić information content (AvgIpc) is 2.74. The molecule has 1 atom stereocenters. The van der Waals surface area contributed by atoms with Crippen molar-refractivity contribution in [3.8, 4) is 0 Å². The quantitative estimate of drug-likeness (QED) is 0.800. The number of hydrogen-bond donors (Lipinski definition) is 1. The molecule has 1 N–H and O–H groups in total. The zero-order valence-electron chi connectivity index (χ0n) is 8.79. The first-order valence-electron chi connectivity index (χ1n) is 4.94. The molecule has 1 aromatic carbocycles. The van der Waals surface area contributed by atoms with Crippen molar-refractivity contribution in [2.75, 3.05) is 0 Å². The molecule has 0 saturated carbocycles. The smallest absolute Gasteiger partial charge is 0.130 e. The van der Waals surface area contributed by atoms with Crippen LogP contribution in [0.4, 0.5) is 4.39 Å². The minimum Gasteiger partial charge on any atom is -0.348 e. The van der Waals surface area contributed by atoms with E-state index in [0.717, 1.165) is 5.82 Å². The third kappa shape index (κ3) is 1.77. The molecule has 0 aliphatic rings. The Morgan fingerprint density at radius 2 is 2.20 bits per heavy atom. The summed E-state index contributed by atoms with van der Waals surface area (Å²) in [6.45, 7) is 3.71. The first-order chi connectivity index (χ1) is 7.20. The molecule has 15 heavy (non-hydrogen) atoms. The average molecular weight is 204 g/mol. The van der Waals surface area contributed by atoms with Crippen LogP contribution in [0.5, 0.6) is 0 Å². The number of imidazole rings is 1. The highest BCUT2D eigenvalue weighted by Gasteiger charge is 2.15. The zero-order chi connectivity index (χ0) is 10.8. The van der Waals surface area contributed by atoms with Crippen LogP contribution in [-0.2, 0) is 0 Å². The fraction of sp³-hybridized carbons (Fsp3) is 0.250. The summed E-state index contributed by atoms with van der Waals surface area (Å²) in [4.78, 5) is 7.15. The highest BCUT2D eigenvalue weighted by Crippen LogP contribution is 2.24. The summed E-state index contributed by atoms with van der Waals surface area (Å²) >= 11 is 0. The first-order valence-corrected chi connectivity index (χ1v) is 4.94. The Morgan fingerprint density at radius 3 is 2.87 bits per heavy atom. The zero-order valence-corrected chi connectivity index (χ0v) is 8.79. The molecule has 0 saturated heterocycles. The van der Waals surface area contributed by atoms with Crippen LogP contribution in [0.2, 0.25) is 0 Å². The van der Waals surface area contributed by atoms with E-state index in [2.05, 4.69) is 9.97 Å². The molecule has 0 radical (unpaired) electrons. The Labute approximate surface area is 88.2 Å². The summed E-state index contributed by atoms with van der Waals surface area (Å²) in [5.41, 5.74) is 1.36. The standard InChI is InChI=1S/C12H13FN2/c1-8-4-3-5-10(11(8)13)9(2)12-14-6-7-15-12/h3-7,9H,1-2H3,(H,14,15)/t9-/m1/s1. The maximum atomic E-state index is 13.8. The summed E-state index contributed by atoms with van der Waals surface area (Å²) in [5, 5.41) is 0. The van der Waals surface area contributed by atoms with Crippen molar-refractivity contribution in [3.05, 3.63) is 53.4 Å². The Bertz CT molecular complexity index is 449. The van der Waals surface area contributed by atoms with Gasteiger partial charge in [-0.3, -0.25) is 0 Å². The van der Waals surface area contributed by atoms with Gasteiger partial charge in [-0.25, -0.2) is 9.37 Å². The van der Waals surface area contributed by atoms with Crippen molar-refractivity contribution in [2.45, 2.75) is 19.8 Å². The van der Waals surface area contributed by atoms with Crippen LogP contribution in [0.1, 0.15) is 29.8 Å². The van der Waals surface area contributed by atoms with Gasteiger partial charge in [0.1, 0.15) is 11.6 Å². The number of aromatic amines is 1. The SMILES string of the molecule is Cc1cccc([C@@H](C)c2ncc[nH]2)c1F. The third-order valence-electron chi connectivity index (χ3n) is 2.62. The first kappa shape index (κ1) is 9.90. The molecule has 0 spiro atoms. The summed E-state index contributed by atoms with van der Waals surface area (Å²) in [6.07, 6.45) is 3.43. The molecule has 0 bridgehead atoms. The summed E-state index contributed by atoms with van der Waals surface area (Å²) in [6, 6.07) is 5.44. The monoisotopic (exact) mass is 204 g/mol. The molecule has 1 aromatic heterocycles. The molecule has 2 nitrogen and oxygen atoms in total. The van der Waals surface area contributed by atoms with Crippen molar-refractivity contribution >= 4 is 0 Å². The highest BCUT2D eigenvalue weighted by molar-refractivity contribution is 5.30. The lowest BCUT2D eigenvalue weighted by molar-refractivity contribution is 0.590. The predicted octanol–water partition coefficient (Wildman–Crippen LogP) is 3.01. The molecule has 0 aliphatic carbocycles. The Morgan fingerprint density at radius 1 is 1.40 bits per heavy atom. The van der Waals surface area contributed by atoms with Gasteiger partial charge in [-0.15, -0.1) is 0 Å². The van der Waals surface area contributed by atoms with Gasteiger partial charge in [-0.1, -0.05) is 25.1 Å². The van der Waals surface area contributed by atoms with E-state index in [4.69, 9.17) is 0 Å². The summed E-state index contributed by atoms with van der Waals surface area (Å²) in [5.74, 6) is 0.612. The van der Waals surface area contributed by atoms with Crippen molar-refractivity contribution in [2.24, 2.45) is 0 Å². The number of hydrogen-bond acceptors (Lipinski definition) is 1. The van der Waals surface area contributed by atoms with Gasteiger partial charge >= 0.3 is 0 Å². The molecule has 0 unspecified atom stereocenters. The van der Waals surface area contributed by atoms with Gasteiger partial charge in [0.25, 0.3) is 0 Å². The number of halogens is 1. The Kier molecular flexibility index (Phi) is 2.54. The third-order valence-corrected chi connectivity index (χ3v) is 2.62. The molecule has 2 rings (SSSR count). The Balaban J connectivity index is 2.42. The molecule has 78 valence electrons. The van der Waals surface area contributed by atoms with Crippen molar-refractivity contribution in [1.29, 1.82) is 0 Å². The predicted molar refractivity (Wildman–Crippen MR) is 57.2 cm³/mol. The van der Waals surface area contributed by atoms with Gasteiger partial charge in [0, 0.05) is 18.3 Å². The van der Waals surface area contributed by atoms with E-state index < -0.39 is 0 Å². The molecule has 0 aliphatic heterocycles. The number of H-pyrrole nitrogens is 1. The van der Waals surface area contributed by atoms with E-state index in [9.17, 15) is 4.39 Å².